The topological polar surface area (TPSA) is 61.4 Å². The van der Waals surface area contributed by atoms with E-state index in [9.17, 15) is 4.79 Å². The molecule has 0 bridgehead atoms. The Morgan fingerprint density at radius 2 is 2.00 bits per heavy atom. The molecular weight excluding hydrogens is 430 g/mol. The summed E-state index contributed by atoms with van der Waals surface area (Å²) in [5.41, 5.74) is 3.42. The van der Waals surface area contributed by atoms with Crippen molar-refractivity contribution in [2.75, 3.05) is 31.1 Å². The Morgan fingerprint density at radius 3 is 2.71 bits per heavy atom. The van der Waals surface area contributed by atoms with Gasteiger partial charge in [0.25, 0.3) is 0 Å². The second-order valence-electron chi connectivity index (χ2n) is 8.61. The number of hydrogen-bond donors (Lipinski definition) is 1. The lowest BCUT2D eigenvalue weighted by Crippen LogP contribution is -2.55. The van der Waals surface area contributed by atoms with Crippen LogP contribution in [0.4, 0.5) is 5.82 Å². The molecule has 0 spiro atoms. The second-order valence-corrected chi connectivity index (χ2v) is 10.0. The summed E-state index contributed by atoms with van der Waals surface area (Å²) < 4.78 is 0. The average molecular weight is 460 g/mol. The smallest absolute Gasteiger partial charge is 0.231 e. The van der Waals surface area contributed by atoms with Gasteiger partial charge in [0.1, 0.15) is 12.1 Å². The number of anilines is 1. The van der Waals surface area contributed by atoms with E-state index in [1.165, 1.54) is 5.56 Å². The molecule has 8 heteroatoms. The van der Waals surface area contributed by atoms with E-state index < -0.39 is 0 Å². The van der Waals surface area contributed by atoms with Gasteiger partial charge < -0.3 is 15.1 Å². The average Bonchev–Trinajstić information content (AvgIpc) is 3.24. The normalized spacial score (nSPS) is 19.6. The summed E-state index contributed by atoms with van der Waals surface area (Å²) in [6, 6.07) is 8.17. The van der Waals surface area contributed by atoms with Crippen LogP contribution in [-0.2, 0) is 16.3 Å². The monoisotopic (exact) mass is 459 g/mol. The Bertz CT molecular complexity index is 923. The molecule has 166 valence electrons. The van der Waals surface area contributed by atoms with Crippen LogP contribution in [0.1, 0.15) is 43.5 Å². The number of thioether (sulfide) groups is 1. The van der Waals surface area contributed by atoms with Crippen molar-refractivity contribution in [3.8, 4) is 0 Å². The quantitative estimate of drug-likeness (QED) is 0.710. The molecule has 31 heavy (non-hydrogen) atoms. The van der Waals surface area contributed by atoms with Crippen molar-refractivity contribution < 1.29 is 4.79 Å². The lowest BCUT2D eigenvalue weighted by atomic mass is 9.96. The third kappa shape index (κ3) is 4.99. The number of amides is 1. The number of carbonyl (C=O) groups is 1. The van der Waals surface area contributed by atoms with Crippen molar-refractivity contribution in [1.29, 1.82) is 0 Å². The first-order chi connectivity index (χ1) is 14.9. The van der Waals surface area contributed by atoms with Crippen LogP contribution in [0, 0.1) is 0 Å². The van der Waals surface area contributed by atoms with Gasteiger partial charge in [-0.15, -0.1) is 0 Å². The molecule has 1 N–H and O–H groups in total. The highest BCUT2D eigenvalue weighted by Crippen LogP contribution is 2.35. The van der Waals surface area contributed by atoms with Crippen LogP contribution in [-0.4, -0.2) is 59.0 Å². The van der Waals surface area contributed by atoms with E-state index in [-0.39, 0.29) is 17.9 Å². The van der Waals surface area contributed by atoms with E-state index in [1.807, 2.05) is 40.9 Å². The standard InChI is InChI=1S/C23H30ClN5OS/c1-15(2)25-10-19(17-4-6-18(24)7-5-17)23(30)28-8-9-29(16(3)11-28)22-20-12-31-13-21(20)26-14-27-22/h4-7,14-16,19,25H,8-13H2,1-3H3. The first kappa shape index (κ1) is 22.4. The van der Waals surface area contributed by atoms with Gasteiger partial charge in [-0.05, 0) is 24.6 Å². The van der Waals surface area contributed by atoms with Gasteiger partial charge in [-0.2, -0.15) is 11.8 Å². The minimum absolute atomic E-state index is 0.172. The summed E-state index contributed by atoms with van der Waals surface area (Å²) in [5.74, 6) is 2.93. The number of nitrogens with one attached hydrogen (secondary N) is 1. The van der Waals surface area contributed by atoms with E-state index in [1.54, 1.807) is 6.33 Å². The summed E-state index contributed by atoms with van der Waals surface area (Å²) in [7, 11) is 0. The molecule has 6 nitrogen and oxygen atoms in total. The summed E-state index contributed by atoms with van der Waals surface area (Å²) in [6.07, 6.45) is 1.68. The molecule has 1 saturated heterocycles. The van der Waals surface area contributed by atoms with E-state index in [0.29, 0.717) is 30.7 Å². The molecule has 0 radical (unpaired) electrons. The predicted molar refractivity (Wildman–Crippen MR) is 128 cm³/mol. The fraction of sp³-hybridized carbons (Fsp3) is 0.522. The fourth-order valence-electron chi connectivity index (χ4n) is 4.30. The number of hydrogen-bond acceptors (Lipinski definition) is 6. The molecule has 2 unspecified atom stereocenters. The lowest BCUT2D eigenvalue weighted by Gasteiger charge is -2.42. The first-order valence-corrected chi connectivity index (χ1v) is 12.4. The minimum atomic E-state index is -0.224. The van der Waals surface area contributed by atoms with Gasteiger partial charge in [0.05, 0.1) is 11.6 Å². The Balaban J connectivity index is 1.49. The Labute approximate surface area is 193 Å². The van der Waals surface area contributed by atoms with Crippen molar-refractivity contribution in [2.45, 2.75) is 50.3 Å². The maximum absolute atomic E-state index is 13.6. The summed E-state index contributed by atoms with van der Waals surface area (Å²) in [5, 5.41) is 4.13. The lowest BCUT2D eigenvalue weighted by molar-refractivity contribution is -0.133. The van der Waals surface area contributed by atoms with Gasteiger partial charge in [0, 0.05) is 60.4 Å². The van der Waals surface area contributed by atoms with Crippen molar-refractivity contribution >= 4 is 35.1 Å². The number of aromatic nitrogens is 2. The molecule has 3 heterocycles. The molecule has 2 aliphatic rings. The maximum atomic E-state index is 13.6. The molecule has 1 aromatic carbocycles. The maximum Gasteiger partial charge on any atom is 0.231 e. The van der Waals surface area contributed by atoms with Crippen LogP contribution in [0.25, 0.3) is 0 Å². The van der Waals surface area contributed by atoms with Gasteiger partial charge in [-0.3, -0.25) is 4.79 Å². The van der Waals surface area contributed by atoms with Gasteiger partial charge in [-0.25, -0.2) is 9.97 Å². The molecular formula is C23H30ClN5OS. The number of carbonyl (C=O) groups excluding carboxylic acids is 1. The van der Waals surface area contributed by atoms with Crippen LogP contribution in [0.5, 0.6) is 0 Å². The molecule has 2 aliphatic heterocycles. The molecule has 0 saturated carbocycles. The third-order valence-corrected chi connectivity index (χ3v) is 7.23. The summed E-state index contributed by atoms with van der Waals surface area (Å²) in [6.45, 7) is 9.16. The zero-order valence-electron chi connectivity index (χ0n) is 18.3. The summed E-state index contributed by atoms with van der Waals surface area (Å²) >= 11 is 7.97. The molecule has 1 amide bonds. The van der Waals surface area contributed by atoms with Crippen LogP contribution >= 0.6 is 23.4 Å². The number of rotatable bonds is 6. The molecule has 2 aromatic rings. The van der Waals surface area contributed by atoms with E-state index in [4.69, 9.17) is 11.6 Å². The van der Waals surface area contributed by atoms with Crippen LogP contribution in [0.15, 0.2) is 30.6 Å². The Kier molecular flexibility index (Phi) is 7.04. The van der Waals surface area contributed by atoms with Crippen LogP contribution in [0.3, 0.4) is 0 Å². The van der Waals surface area contributed by atoms with E-state index in [0.717, 1.165) is 35.1 Å². The molecule has 4 rings (SSSR count). The van der Waals surface area contributed by atoms with Crippen molar-refractivity contribution in [2.24, 2.45) is 0 Å². The largest absolute Gasteiger partial charge is 0.350 e. The first-order valence-electron chi connectivity index (χ1n) is 10.9. The van der Waals surface area contributed by atoms with Gasteiger partial charge in [0.2, 0.25) is 5.91 Å². The SMILES string of the molecule is CC(C)NCC(C(=O)N1CCN(c2ncnc3c2CSC3)C(C)C1)c1ccc(Cl)cc1. The van der Waals surface area contributed by atoms with Crippen LogP contribution in [0.2, 0.25) is 5.02 Å². The highest BCUT2D eigenvalue weighted by Gasteiger charge is 2.33. The predicted octanol–water partition coefficient (Wildman–Crippen LogP) is 3.70. The third-order valence-electron chi connectivity index (χ3n) is 6.01. The van der Waals surface area contributed by atoms with Gasteiger partial charge >= 0.3 is 0 Å². The fourth-order valence-corrected chi connectivity index (χ4v) is 5.47. The Hall–Kier alpha value is -1.83. The van der Waals surface area contributed by atoms with Crippen molar-refractivity contribution in [3.05, 3.63) is 52.4 Å². The molecule has 1 aromatic heterocycles. The van der Waals surface area contributed by atoms with Gasteiger partial charge in [-0.1, -0.05) is 37.6 Å². The Morgan fingerprint density at radius 1 is 1.23 bits per heavy atom. The highest BCUT2D eigenvalue weighted by atomic mass is 35.5. The van der Waals surface area contributed by atoms with E-state index >= 15 is 0 Å². The van der Waals surface area contributed by atoms with Crippen LogP contribution < -0.4 is 10.2 Å². The summed E-state index contributed by atoms with van der Waals surface area (Å²) in [4.78, 5) is 27.0. The minimum Gasteiger partial charge on any atom is -0.350 e. The zero-order chi connectivity index (χ0) is 22.0. The second kappa shape index (κ2) is 9.76. The van der Waals surface area contributed by atoms with E-state index in [2.05, 4.69) is 41.0 Å². The van der Waals surface area contributed by atoms with Crippen molar-refractivity contribution in [1.82, 2.24) is 20.2 Å². The van der Waals surface area contributed by atoms with Crippen molar-refractivity contribution in [3.63, 3.8) is 0 Å². The number of piperazine rings is 1. The highest BCUT2D eigenvalue weighted by molar-refractivity contribution is 7.98. The number of halogens is 1. The number of benzene rings is 1. The molecule has 2 atom stereocenters. The zero-order valence-corrected chi connectivity index (χ0v) is 19.9. The molecule has 0 aliphatic carbocycles. The molecule has 1 fully saturated rings. The van der Waals surface area contributed by atoms with Gasteiger partial charge in [0.15, 0.2) is 0 Å². The number of fused-ring (bicyclic) bond motifs is 1. The number of nitrogens with zero attached hydrogens (tertiary/aromatic N) is 4.